The number of halogens is 2. The van der Waals surface area contributed by atoms with E-state index in [0.717, 1.165) is 10.5 Å². The predicted molar refractivity (Wildman–Crippen MR) is 139 cm³/mol. The van der Waals surface area contributed by atoms with Crippen molar-refractivity contribution >= 4 is 17.9 Å². The lowest BCUT2D eigenvalue weighted by Crippen LogP contribution is -2.51. The van der Waals surface area contributed by atoms with Crippen molar-refractivity contribution in [2.45, 2.75) is 58.0 Å². The highest BCUT2D eigenvalue weighted by molar-refractivity contribution is 5.98. The number of ether oxygens (including phenoxy) is 1. The van der Waals surface area contributed by atoms with Gasteiger partial charge in [0.15, 0.2) is 0 Å². The molecular weight excluding hydrogens is 494 g/mol. The average molecular weight is 531 g/mol. The zero-order valence-electron chi connectivity index (χ0n) is 22.4. The van der Waals surface area contributed by atoms with E-state index in [1.54, 1.807) is 26.8 Å². The van der Waals surface area contributed by atoms with Crippen LogP contribution in [0.3, 0.4) is 0 Å². The summed E-state index contributed by atoms with van der Waals surface area (Å²) < 4.78 is 34.7. The first kappa shape index (κ1) is 29.0. The number of likely N-dealkylation sites (tertiary alicyclic amines) is 1. The molecule has 1 aliphatic heterocycles. The Labute approximate surface area is 222 Å². The van der Waals surface area contributed by atoms with Crippen LogP contribution in [0, 0.1) is 5.92 Å². The predicted octanol–water partition coefficient (Wildman–Crippen LogP) is 4.43. The fourth-order valence-corrected chi connectivity index (χ4v) is 4.33. The number of nitrogens with one attached hydrogen (secondary N) is 2. The van der Waals surface area contributed by atoms with Gasteiger partial charge in [0.1, 0.15) is 11.3 Å². The first-order valence-electron chi connectivity index (χ1n) is 12.8. The number of piperidine rings is 1. The summed E-state index contributed by atoms with van der Waals surface area (Å²) in [5.41, 5.74) is 1.21. The fourth-order valence-electron chi connectivity index (χ4n) is 4.33. The van der Waals surface area contributed by atoms with E-state index in [9.17, 15) is 23.2 Å². The molecule has 0 aliphatic carbocycles. The molecular formula is C28H36F2N4O4. The Morgan fingerprint density at radius 3 is 2.47 bits per heavy atom. The van der Waals surface area contributed by atoms with E-state index in [1.165, 1.54) is 13.1 Å². The van der Waals surface area contributed by atoms with Gasteiger partial charge in [-0.05, 0) is 57.7 Å². The van der Waals surface area contributed by atoms with Gasteiger partial charge in [0.2, 0.25) is 0 Å². The highest BCUT2D eigenvalue weighted by Gasteiger charge is 2.46. The average Bonchev–Trinajstić information content (AvgIpc) is 2.85. The van der Waals surface area contributed by atoms with Crippen molar-refractivity contribution < 1.29 is 27.9 Å². The lowest BCUT2D eigenvalue weighted by Gasteiger charge is -2.38. The van der Waals surface area contributed by atoms with Gasteiger partial charge in [-0.25, -0.2) is 18.6 Å². The second-order valence-corrected chi connectivity index (χ2v) is 10.5. The van der Waals surface area contributed by atoms with E-state index in [0.29, 0.717) is 18.5 Å². The van der Waals surface area contributed by atoms with Gasteiger partial charge in [-0.3, -0.25) is 9.59 Å². The molecule has 8 nitrogen and oxygen atoms in total. The molecule has 1 unspecified atom stereocenters. The molecule has 3 rings (SSSR count). The molecule has 1 aromatic heterocycles. The van der Waals surface area contributed by atoms with Crippen molar-refractivity contribution in [2.75, 3.05) is 26.7 Å². The molecule has 3 amide bonds. The number of hydrogen-bond acceptors (Lipinski definition) is 5. The summed E-state index contributed by atoms with van der Waals surface area (Å²) in [6.45, 7) is 4.80. The number of hydrogen-bond donors (Lipinski definition) is 2. The quantitative estimate of drug-likeness (QED) is 0.492. The monoisotopic (exact) mass is 530 g/mol. The number of nitrogens with zero attached hydrogens (tertiary/aromatic N) is 2. The normalized spacial score (nSPS) is 17.0. The molecule has 1 aliphatic rings. The summed E-state index contributed by atoms with van der Waals surface area (Å²) in [6.07, 6.45) is 0.423. The van der Waals surface area contributed by atoms with Gasteiger partial charge in [-0.15, -0.1) is 0 Å². The lowest BCUT2D eigenvalue weighted by atomic mass is 9.89. The smallest absolute Gasteiger partial charge is 0.410 e. The topological polar surface area (TPSA) is 101 Å². The number of carbonyl (C=O) groups excluding carboxylic acids is 3. The van der Waals surface area contributed by atoms with E-state index in [2.05, 4.69) is 15.6 Å². The van der Waals surface area contributed by atoms with Crippen LogP contribution in [-0.2, 0) is 11.2 Å². The number of aromatic nitrogens is 1. The molecule has 0 bridgehead atoms. The highest BCUT2D eigenvalue weighted by Crippen LogP contribution is 2.36. The maximum absolute atomic E-state index is 14.8. The van der Waals surface area contributed by atoms with Gasteiger partial charge in [-0.2, -0.15) is 0 Å². The van der Waals surface area contributed by atoms with Crippen LogP contribution < -0.4 is 10.6 Å². The maximum atomic E-state index is 14.8. The number of pyridine rings is 1. The van der Waals surface area contributed by atoms with Gasteiger partial charge in [0.05, 0.1) is 6.54 Å². The molecule has 2 heterocycles. The number of carbonyl (C=O) groups is 3. The Morgan fingerprint density at radius 1 is 1.13 bits per heavy atom. The molecule has 0 spiro atoms. The molecule has 1 fully saturated rings. The van der Waals surface area contributed by atoms with Crippen LogP contribution in [-0.4, -0.2) is 66.0 Å². The third kappa shape index (κ3) is 8.22. The molecule has 0 saturated carbocycles. The highest BCUT2D eigenvalue weighted by atomic mass is 19.3. The Morgan fingerprint density at radius 2 is 1.84 bits per heavy atom. The summed E-state index contributed by atoms with van der Waals surface area (Å²) in [4.78, 5) is 42.7. The van der Waals surface area contributed by atoms with E-state index in [-0.39, 0.29) is 37.2 Å². The lowest BCUT2D eigenvalue weighted by molar-refractivity contribution is -0.112. The van der Waals surface area contributed by atoms with Crippen molar-refractivity contribution in [3.8, 4) is 0 Å². The number of amides is 3. The van der Waals surface area contributed by atoms with Crippen LogP contribution in [0.1, 0.15) is 72.1 Å². The van der Waals surface area contributed by atoms with E-state index in [1.807, 2.05) is 30.3 Å². The van der Waals surface area contributed by atoms with Crippen molar-refractivity contribution in [2.24, 2.45) is 5.92 Å². The summed E-state index contributed by atoms with van der Waals surface area (Å²) in [5.74, 6) is -4.75. The van der Waals surface area contributed by atoms with Crippen LogP contribution in [0.4, 0.5) is 13.6 Å². The Hall–Kier alpha value is -3.56. The largest absolute Gasteiger partial charge is 0.444 e. The third-order valence-electron chi connectivity index (χ3n) is 6.24. The molecule has 10 heteroatoms. The minimum atomic E-state index is -3.04. The van der Waals surface area contributed by atoms with Crippen LogP contribution in [0.15, 0.2) is 42.5 Å². The maximum Gasteiger partial charge on any atom is 0.410 e. The number of benzene rings is 1. The van der Waals surface area contributed by atoms with E-state index in [4.69, 9.17) is 4.74 Å². The first-order valence-corrected chi connectivity index (χ1v) is 12.8. The summed E-state index contributed by atoms with van der Waals surface area (Å²) in [5, 5.41) is 5.29. The second kappa shape index (κ2) is 12.3. The zero-order chi connectivity index (χ0) is 27.9. The van der Waals surface area contributed by atoms with E-state index < -0.39 is 41.9 Å². The Balaban J connectivity index is 1.56. The standard InChI is InChI=1S/C28H36F2N4O4/c1-27(2,3)38-26(37)34-14-12-21(28(29,30)18-34)11-8-13-32-24(35)20-16-22(15-19-9-6-5-7-10-19)33-23(17-20)25(36)31-4/h5-7,9-10,16-17,21H,8,11-15,18H2,1-4H3,(H,31,36)(H,32,35). The molecule has 2 N–H and O–H groups in total. The SMILES string of the molecule is CNC(=O)c1cc(C(=O)NCCCC2CCN(C(=O)OC(C)(C)C)CC2(F)F)cc(Cc2ccccc2)n1. The van der Waals surface area contributed by atoms with Gasteiger partial charge >= 0.3 is 6.09 Å². The Kier molecular flexibility index (Phi) is 9.40. The van der Waals surface area contributed by atoms with Crippen molar-refractivity contribution in [3.63, 3.8) is 0 Å². The van der Waals surface area contributed by atoms with Crippen molar-refractivity contribution in [3.05, 3.63) is 65.0 Å². The number of rotatable bonds is 8. The Bertz CT molecular complexity index is 1140. The van der Waals surface area contributed by atoms with Crippen LogP contribution >= 0.6 is 0 Å². The fraction of sp³-hybridized carbons (Fsp3) is 0.500. The minimum Gasteiger partial charge on any atom is -0.444 e. The molecule has 38 heavy (non-hydrogen) atoms. The van der Waals surface area contributed by atoms with Gasteiger partial charge < -0.3 is 20.3 Å². The minimum absolute atomic E-state index is 0.127. The molecule has 0 radical (unpaired) electrons. The summed E-state index contributed by atoms with van der Waals surface area (Å²) >= 11 is 0. The molecule has 2 aromatic rings. The molecule has 206 valence electrons. The van der Waals surface area contributed by atoms with Crippen molar-refractivity contribution in [1.82, 2.24) is 20.5 Å². The van der Waals surface area contributed by atoms with Gasteiger partial charge in [0.25, 0.3) is 17.7 Å². The van der Waals surface area contributed by atoms with Crippen molar-refractivity contribution in [1.29, 1.82) is 0 Å². The van der Waals surface area contributed by atoms with Crippen LogP contribution in [0.25, 0.3) is 0 Å². The summed E-state index contributed by atoms with van der Waals surface area (Å²) in [7, 11) is 1.49. The van der Waals surface area contributed by atoms with Crippen LogP contribution in [0.5, 0.6) is 0 Å². The molecule has 1 aromatic carbocycles. The van der Waals surface area contributed by atoms with Gasteiger partial charge in [-0.1, -0.05) is 30.3 Å². The van der Waals surface area contributed by atoms with Crippen LogP contribution in [0.2, 0.25) is 0 Å². The number of alkyl halides is 2. The third-order valence-corrected chi connectivity index (χ3v) is 6.24. The molecule has 1 atom stereocenters. The molecule has 1 saturated heterocycles. The first-order chi connectivity index (χ1) is 17.9. The zero-order valence-corrected chi connectivity index (χ0v) is 22.4. The summed E-state index contributed by atoms with van der Waals surface area (Å²) in [6, 6.07) is 12.6. The van der Waals surface area contributed by atoms with E-state index >= 15 is 0 Å². The second-order valence-electron chi connectivity index (χ2n) is 10.5. The van der Waals surface area contributed by atoms with Gasteiger partial charge in [0, 0.05) is 43.7 Å².